The smallest absolute Gasteiger partial charge is 0.224 e. The molecule has 0 bridgehead atoms. The highest BCUT2D eigenvalue weighted by Gasteiger charge is 2.29. The van der Waals surface area contributed by atoms with E-state index in [4.69, 9.17) is 51.1 Å². The first-order chi connectivity index (χ1) is 16.8. The average molecular weight is 554 g/mol. The van der Waals surface area contributed by atoms with Crippen LogP contribution in [0.2, 0.25) is 20.1 Å². The number of nitrogens with zero attached hydrogens (tertiary/aromatic N) is 2. The molecule has 4 rings (SSSR count). The number of halogens is 4. The van der Waals surface area contributed by atoms with Gasteiger partial charge in [0, 0.05) is 50.3 Å². The van der Waals surface area contributed by atoms with Gasteiger partial charge in [-0.1, -0.05) is 58.5 Å². The summed E-state index contributed by atoms with van der Waals surface area (Å²) in [5.74, 6) is -0.136. The Bertz CT molecular complexity index is 1120. The highest BCUT2D eigenvalue weighted by molar-refractivity contribution is 6.42. The molecule has 2 aromatic carbocycles. The van der Waals surface area contributed by atoms with Gasteiger partial charge < -0.3 is 9.64 Å². The van der Waals surface area contributed by atoms with Crippen LogP contribution in [0.3, 0.4) is 0 Å². The molecule has 0 unspecified atom stereocenters. The Morgan fingerprint density at radius 1 is 0.829 bits per heavy atom. The van der Waals surface area contributed by atoms with Gasteiger partial charge in [0.25, 0.3) is 0 Å². The van der Waals surface area contributed by atoms with Crippen molar-refractivity contribution >= 4 is 70.2 Å². The molecule has 2 aromatic rings. The third-order valence-corrected chi connectivity index (χ3v) is 7.45. The zero-order valence-electron chi connectivity index (χ0n) is 18.9. The highest BCUT2D eigenvalue weighted by atomic mass is 35.5. The molecule has 2 saturated heterocycles. The maximum Gasteiger partial charge on any atom is 0.224 e. The van der Waals surface area contributed by atoms with E-state index in [0.29, 0.717) is 57.4 Å². The van der Waals surface area contributed by atoms with Crippen LogP contribution < -0.4 is 0 Å². The van der Waals surface area contributed by atoms with Crippen LogP contribution in [0.4, 0.5) is 0 Å². The number of likely N-dealkylation sites (tertiary alicyclic amines) is 1. The zero-order chi connectivity index (χ0) is 24.9. The normalized spacial score (nSPS) is 19.5. The van der Waals surface area contributed by atoms with Gasteiger partial charge in [-0.2, -0.15) is 0 Å². The number of ether oxygens (including phenoxy) is 1. The molecule has 0 atom stereocenters. The van der Waals surface area contributed by atoms with Gasteiger partial charge in [-0.05, 0) is 47.5 Å². The van der Waals surface area contributed by atoms with E-state index in [2.05, 4.69) is 4.90 Å². The van der Waals surface area contributed by atoms with Gasteiger partial charge >= 0.3 is 0 Å². The summed E-state index contributed by atoms with van der Waals surface area (Å²) in [6, 6.07) is 10.3. The predicted octanol–water partition coefficient (Wildman–Crippen LogP) is 5.90. The maximum absolute atomic E-state index is 13.4. The molecule has 2 aliphatic heterocycles. The largest absolute Gasteiger partial charge is 0.379 e. The van der Waals surface area contributed by atoms with Crippen molar-refractivity contribution in [1.29, 1.82) is 0 Å². The minimum atomic E-state index is -0.126. The quantitative estimate of drug-likeness (QED) is 0.432. The van der Waals surface area contributed by atoms with Gasteiger partial charge in [-0.15, -0.1) is 0 Å². The summed E-state index contributed by atoms with van der Waals surface area (Å²) < 4.78 is 5.38. The van der Waals surface area contributed by atoms with Crippen molar-refractivity contribution in [2.75, 3.05) is 45.9 Å². The number of rotatable bonds is 5. The number of Topliss-reactive ketones (excluding diaryl/α,β-unsaturated/α-hetero) is 1. The Morgan fingerprint density at radius 3 is 1.83 bits per heavy atom. The maximum atomic E-state index is 13.4. The SMILES string of the molecule is O=C1/C(=C\c2ccc(Cl)c(Cl)c2)CN(C(=O)CCN2CCOCC2)C/C1=C\c1ccc(Cl)c(Cl)c1. The second kappa shape index (κ2) is 11.9. The van der Waals surface area contributed by atoms with Crippen molar-refractivity contribution in [1.82, 2.24) is 9.80 Å². The predicted molar refractivity (Wildman–Crippen MR) is 142 cm³/mol. The molecule has 35 heavy (non-hydrogen) atoms. The molecule has 0 aromatic heterocycles. The van der Waals surface area contributed by atoms with Gasteiger partial charge in [0.15, 0.2) is 5.78 Å². The summed E-state index contributed by atoms with van der Waals surface area (Å²) in [6.45, 7) is 4.09. The average Bonchev–Trinajstić information content (AvgIpc) is 2.85. The molecule has 0 spiro atoms. The van der Waals surface area contributed by atoms with Crippen molar-refractivity contribution in [2.24, 2.45) is 0 Å². The van der Waals surface area contributed by atoms with Crippen molar-refractivity contribution < 1.29 is 14.3 Å². The molecular formula is C26H24Cl4N2O3. The highest BCUT2D eigenvalue weighted by Crippen LogP contribution is 2.28. The van der Waals surface area contributed by atoms with Crippen molar-refractivity contribution in [2.45, 2.75) is 6.42 Å². The summed E-state index contributed by atoms with van der Waals surface area (Å²) in [5, 5.41) is 1.66. The van der Waals surface area contributed by atoms with Crippen LogP contribution >= 0.6 is 46.4 Å². The van der Waals surface area contributed by atoms with Crippen molar-refractivity contribution in [3.63, 3.8) is 0 Å². The summed E-state index contributed by atoms with van der Waals surface area (Å²) in [4.78, 5) is 30.5. The molecule has 0 saturated carbocycles. The third kappa shape index (κ3) is 6.88. The van der Waals surface area contributed by atoms with Crippen LogP contribution in [0, 0.1) is 0 Å². The van der Waals surface area contributed by atoms with E-state index in [1.165, 1.54) is 0 Å². The molecule has 2 heterocycles. The molecule has 5 nitrogen and oxygen atoms in total. The van der Waals surface area contributed by atoms with E-state index in [9.17, 15) is 9.59 Å². The Morgan fingerprint density at radius 2 is 1.34 bits per heavy atom. The summed E-state index contributed by atoms with van der Waals surface area (Å²) >= 11 is 24.4. The van der Waals surface area contributed by atoms with Crippen molar-refractivity contribution in [3.8, 4) is 0 Å². The van der Waals surface area contributed by atoms with Gasteiger partial charge in [0.2, 0.25) is 5.91 Å². The van der Waals surface area contributed by atoms with E-state index in [0.717, 1.165) is 24.2 Å². The third-order valence-electron chi connectivity index (χ3n) is 5.97. The number of piperidine rings is 1. The molecule has 0 N–H and O–H groups in total. The first-order valence-corrected chi connectivity index (χ1v) is 12.7. The number of ketones is 1. The van der Waals surface area contributed by atoms with Crippen LogP contribution in [0.15, 0.2) is 47.5 Å². The van der Waals surface area contributed by atoms with E-state index in [-0.39, 0.29) is 24.8 Å². The molecule has 184 valence electrons. The van der Waals surface area contributed by atoms with Gasteiger partial charge in [0.1, 0.15) is 0 Å². The van der Waals surface area contributed by atoms with E-state index in [1.54, 1.807) is 53.5 Å². The number of morpholine rings is 1. The number of benzene rings is 2. The molecular weight excluding hydrogens is 530 g/mol. The zero-order valence-corrected chi connectivity index (χ0v) is 21.9. The van der Waals surface area contributed by atoms with E-state index >= 15 is 0 Å². The van der Waals surface area contributed by atoms with Crippen LogP contribution in [0.25, 0.3) is 12.2 Å². The first kappa shape index (κ1) is 26.2. The van der Waals surface area contributed by atoms with E-state index < -0.39 is 0 Å². The first-order valence-electron chi connectivity index (χ1n) is 11.2. The molecule has 1 amide bonds. The fourth-order valence-corrected chi connectivity index (χ4v) is 4.67. The molecule has 0 radical (unpaired) electrons. The number of hydrogen-bond acceptors (Lipinski definition) is 4. The Hall–Kier alpha value is -1.86. The van der Waals surface area contributed by atoms with Crippen molar-refractivity contribution in [3.05, 3.63) is 78.8 Å². The minimum absolute atomic E-state index is 0.0101. The topological polar surface area (TPSA) is 49.9 Å². The summed E-state index contributed by atoms with van der Waals surface area (Å²) in [5.41, 5.74) is 2.47. The molecule has 9 heteroatoms. The lowest BCUT2D eigenvalue weighted by molar-refractivity contribution is -0.131. The molecule has 2 fully saturated rings. The van der Waals surface area contributed by atoms with Crippen LogP contribution in [-0.2, 0) is 14.3 Å². The van der Waals surface area contributed by atoms with Gasteiger partial charge in [0.05, 0.1) is 33.3 Å². The number of hydrogen-bond donors (Lipinski definition) is 0. The summed E-state index contributed by atoms with van der Waals surface area (Å²) in [6.07, 6.45) is 3.89. The number of carbonyl (C=O) groups is 2. The molecule has 0 aliphatic carbocycles. The van der Waals surface area contributed by atoms with Gasteiger partial charge in [-0.25, -0.2) is 0 Å². The standard InChI is InChI=1S/C26H24Cl4N2O3/c27-21-3-1-17(13-23(21)29)11-19-15-32(25(33)5-6-31-7-9-35-10-8-31)16-20(26(19)34)12-18-2-4-22(28)24(30)14-18/h1-4,11-14H,5-10,15-16H2/b19-11-,20-12+. The second-order valence-corrected chi connectivity index (χ2v) is 10.1. The monoisotopic (exact) mass is 552 g/mol. The lowest BCUT2D eigenvalue weighted by atomic mass is 9.94. The Labute approximate surface area is 224 Å². The lowest BCUT2D eigenvalue weighted by Gasteiger charge is -2.31. The number of amides is 1. The number of carbonyl (C=O) groups excluding carboxylic acids is 2. The fourth-order valence-electron chi connectivity index (χ4n) is 4.06. The Kier molecular flexibility index (Phi) is 8.92. The van der Waals surface area contributed by atoms with E-state index in [1.807, 2.05) is 0 Å². The fraction of sp³-hybridized carbons (Fsp3) is 0.308. The second-order valence-electron chi connectivity index (χ2n) is 8.47. The van der Waals surface area contributed by atoms with Crippen LogP contribution in [0.1, 0.15) is 17.5 Å². The Balaban J connectivity index is 1.60. The molecule has 2 aliphatic rings. The lowest BCUT2D eigenvalue weighted by Crippen LogP contribution is -2.44. The van der Waals surface area contributed by atoms with Gasteiger partial charge in [-0.3, -0.25) is 14.5 Å². The van der Waals surface area contributed by atoms with Crippen LogP contribution in [0.5, 0.6) is 0 Å². The van der Waals surface area contributed by atoms with Crippen LogP contribution in [-0.4, -0.2) is 67.4 Å². The minimum Gasteiger partial charge on any atom is -0.379 e. The summed E-state index contributed by atoms with van der Waals surface area (Å²) in [7, 11) is 0.